The molecule has 5 rings (SSSR count). The summed E-state index contributed by atoms with van der Waals surface area (Å²) in [5, 5.41) is 6.33. The Morgan fingerprint density at radius 3 is 2.89 bits per heavy atom. The number of ether oxygens (including phenoxy) is 2. The highest BCUT2D eigenvalue weighted by molar-refractivity contribution is 7.17. The van der Waals surface area contributed by atoms with E-state index in [1.54, 1.807) is 0 Å². The number of fused-ring (bicyclic) bond motifs is 2. The van der Waals surface area contributed by atoms with Gasteiger partial charge in [0.05, 0.1) is 11.9 Å². The van der Waals surface area contributed by atoms with Crippen molar-refractivity contribution in [2.24, 2.45) is 0 Å². The van der Waals surface area contributed by atoms with Crippen LogP contribution in [0.15, 0.2) is 52.6 Å². The van der Waals surface area contributed by atoms with Crippen LogP contribution in [0, 0.1) is 0 Å². The number of halogens is 1. The maximum atomic E-state index is 12.7. The normalized spacial score (nSPS) is 12.5. The van der Waals surface area contributed by atoms with Gasteiger partial charge in [-0.3, -0.25) is 4.79 Å². The fourth-order valence-corrected chi connectivity index (χ4v) is 4.34. The Hall–Kier alpha value is -3.03. The predicted octanol–water partition coefficient (Wildman–Crippen LogP) is 4.65. The zero-order chi connectivity index (χ0) is 19.1. The molecule has 0 saturated carbocycles. The summed E-state index contributed by atoms with van der Waals surface area (Å²) < 4.78 is 10.7. The molecule has 28 heavy (non-hydrogen) atoms. The first-order chi connectivity index (χ1) is 13.7. The molecule has 140 valence electrons. The minimum atomic E-state index is -0.177. The van der Waals surface area contributed by atoms with E-state index in [0.717, 1.165) is 22.6 Å². The molecule has 0 atom stereocenters. The van der Waals surface area contributed by atoms with Crippen molar-refractivity contribution < 1.29 is 9.47 Å². The number of anilines is 1. The monoisotopic (exact) mass is 411 g/mol. The minimum absolute atomic E-state index is 0.177. The summed E-state index contributed by atoms with van der Waals surface area (Å²) in [5.74, 6) is 1.98. The van der Waals surface area contributed by atoms with E-state index in [9.17, 15) is 4.79 Å². The van der Waals surface area contributed by atoms with E-state index in [-0.39, 0.29) is 12.4 Å². The van der Waals surface area contributed by atoms with E-state index in [4.69, 9.17) is 21.1 Å². The van der Waals surface area contributed by atoms with Gasteiger partial charge >= 0.3 is 0 Å². The summed E-state index contributed by atoms with van der Waals surface area (Å²) in [5.41, 5.74) is 2.31. The van der Waals surface area contributed by atoms with Crippen molar-refractivity contribution in [3.8, 4) is 22.6 Å². The summed E-state index contributed by atoms with van der Waals surface area (Å²) in [7, 11) is 0. The molecule has 0 aliphatic carbocycles. The molecule has 2 N–H and O–H groups in total. The first-order valence-electron chi connectivity index (χ1n) is 8.58. The van der Waals surface area contributed by atoms with E-state index in [0.29, 0.717) is 33.4 Å². The number of nitrogens with zero attached hydrogens (tertiary/aromatic N) is 1. The van der Waals surface area contributed by atoms with Crippen LogP contribution < -0.4 is 20.3 Å². The molecule has 0 bridgehead atoms. The van der Waals surface area contributed by atoms with Gasteiger partial charge in [-0.15, -0.1) is 11.3 Å². The Balaban J connectivity index is 1.44. The largest absolute Gasteiger partial charge is 0.454 e. The van der Waals surface area contributed by atoms with Crippen LogP contribution in [0.2, 0.25) is 5.02 Å². The maximum Gasteiger partial charge on any atom is 0.260 e. The number of H-pyrrole nitrogens is 1. The van der Waals surface area contributed by atoms with Crippen molar-refractivity contribution in [2.75, 3.05) is 12.1 Å². The van der Waals surface area contributed by atoms with Gasteiger partial charge in [0.15, 0.2) is 11.5 Å². The lowest BCUT2D eigenvalue weighted by Crippen LogP contribution is -2.14. The molecule has 8 heteroatoms. The summed E-state index contributed by atoms with van der Waals surface area (Å²) in [6.45, 7) is 0.612. The van der Waals surface area contributed by atoms with Gasteiger partial charge in [0.25, 0.3) is 5.56 Å². The van der Waals surface area contributed by atoms with Crippen LogP contribution in [0.5, 0.6) is 11.5 Å². The third kappa shape index (κ3) is 2.98. The number of nitrogens with one attached hydrogen (secondary N) is 2. The molecule has 3 heterocycles. The van der Waals surface area contributed by atoms with Gasteiger partial charge in [-0.2, -0.15) is 0 Å². The number of aromatic amines is 1. The van der Waals surface area contributed by atoms with E-state index in [2.05, 4.69) is 15.3 Å². The molecule has 0 fully saturated rings. The molecule has 0 amide bonds. The molecule has 4 aromatic rings. The third-order valence-corrected chi connectivity index (χ3v) is 5.69. The van der Waals surface area contributed by atoms with Gasteiger partial charge in [0, 0.05) is 33.3 Å². The average molecular weight is 412 g/mol. The number of aromatic nitrogens is 2. The standard InChI is InChI=1S/C20H14ClN3O3S/c21-14-4-2-1-3-12(14)13-9-28-20-18(13)19(25)23-17(24-20)8-22-11-5-6-15-16(7-11)27-10-26-15/h1-7,9,22H,8,10H2,(H,23,24,25). The Kier molecular flexibility index (Phi) is 4.18. The van der Waals surface area contributed by atoms with Gasteiger partial charge < -0.3 is 19.8 Å². The second kappa shape index (κ2) is 6.85. The molecular formula is C20H14ClN3O3S. The first kappa shape index (κ1) is 17.1. The quantitative estimate of drug-likeness (QED) is 0.511. The van der Waals surface area contributed by atoms with Crippen molar-refractivity contribution >= 4 is 38.8 Å². The van der Waals surface area contributed by atoms with Gasteiger partial charge in [-0.25, -0.2) is 4.98 Å². The Morgan fingerprint density at radius 1 is 1.14 bits per heavy atom. The van der Waals surface area contributed by atoms with Crippen LogP contribution in [-0.4, -0.2) is 16.8 Å². The molecule has 1 aliphatic rings. The number of thiophene rings is 1. The Labute approximate surface area is 168 Å². The van der Waals surface area contributed by atoms with Crippen LogP contribution in [0.25, 0.3) is 21.3 Å². The smallest absolute Gasteiger partial charge is 0.260 e. The topological polar surface area (TPSA) is 76.2 Å². The van der Waals surface area contributed by atoms with Crippen molar-refractivity contribution in [1.82, 2.24) is 9.97 Å². The second-order valence-electron chi connectivity index (χ2n) is 6.24. The molecule has 0 spiro atoms. The maximum absolute atomic E-state index is 12.7. The van der Waals surface area contributed by atoms with Gasteiger partial charge in [0.1, 0.15) is 10.7 Å². The Morgan fingerprint density at radius 2 is 2.00 bits per heavy atom. The van der Waals surface area contributed by atoms with E-state index >= 15 is 0 Å². The fourth-order valence-electron chi connectivity index (χ4n) is 3.15. The zero-order valence-electron chi connectivity index (χ0n) is 14.5. The number of benzene rings is 2. The summed E-state index contributed by atoms with van der Waals surface area (Å²) in [6.07, 6.45) is 0. The molecule has 6 nitrogen and oxygen atoms in total. The van der Waals surface area contributed by atoms with Gasteiger partial charge in [0.2, 0.25) is 6.79 Å². The lowest BCUT2D eigenvalue weighted by Gasteiger charge is -2.07. The molecule has 0 radical (unpaired) electrons. The molecule has 2 aromatic carbocycles. The van der Waals surface area contributed by atoms with Crippen LogP contribution in [-0.2, 0) is 6.54 Å². The van der Waals surface area contributed by atoms with E-state index in [1.165, 1.54) is 11.3 Å². The lowest BCUT2D eigenvalue weighted by molar-refractivity contribution is 0.174. The minimum Gasteiger partial charge on any atom is -0.454 e. The molecule has 0 unspecified atom stereocenters. The predicted molar refractivity (Wildman–Crippen MR) is 111 cm³/mol. The second-order valence-corrected chi connectivity index (χ2v) is 7.51. The van der Waals surface area contributed by atoms with E-state index < -0.39 is 0 Å². The highest BCUT2D eigenvalue weighted by atomic mass is 35.5. The highest BCUT2D eigenvalue weighted by Crippen LogP contribution is 2.35. The van der Waals surface area contributed by atoms with Gasteiger partial charge in [-0.05, 0) is 18.2 Å². The first-order valence-corrected chi connectivity index (χ1v) is 9.83. The average Bonchev–Trinajstić information content (AvgIpc) is 3.33. The van der Waals surface area contributed by atoms with Crippen LogP contribution in [0.1, 0.15) is 5.82 Å². The van der Waals surface area contributed by atoms with Gasteiger partial charge in [-0.1, -0.05) is 29.8 Å². The lowest BCUT2D eigenvalue weighted by atomic mass is 10.1. The molecular weight excluding hydrogens is 398 g/mol. The summed E-state index contributed by atoms with van der Waals surface area (Å²) in [6, 6.07) is 13.1. The van der Waals surface area contributed by atoms with Crippen molar-refractivity contribution in [3.05, 3.63) is 69.0 Å². The molecule has 0 saturated heterocycles. The SMILES string of the molecule is O=c1[nH]c(CNc2ccc3c(c2)OCO3)nc2scc(-c3ccccc3Cl)c12. The van der Waals surface area contributed by atoms with Crippen LogP contribution in [0.4, 0.5) is 5.69 Å². The number of rotatable bonds is 4. The number of hydrogen-bond donors (Lipinski definition) is 2. The van der Waals surface area contributed by atoms with Crippen LogP contribution in [0.3, 0.4) is 0 Å². The molecule has 1 aliphatic heterocycles. The zero-order valence-corrected chi connectivity index (χ0v) is 16.1. The Bertz CT molecular complexity index is 1250. The molecule has 2 aromatic heterocycles. The van der Waals surface area contributed by atoms with Crippen LogP contribution >= 0.6 is 22.9 Å². The van der Waals surface area contributed by atoms with E-state index in [1.807, 2.05) is 47.8 Å². The van der Waals surface area contributed by atoms with Crippen molar-refractivity contribution in [1.29, 1.82) is 0 Å². The summed E-state index contributed by atoms with van der Waals surface area (Å²) in [4.78, 5) is 20.9. The number of hydrogen-bond acceptors (Lipinski definition) is 6. The summed E-state index contributed by atoms with van der Waals surface area (Å²) >= 11 is 7.73. The highest BCUT2D eigenvalue weighted by Gasteiger charge is 2.16. The van der Waals surface area contributed by atoms with Crippen molar-refractivity contribution in [2.45, 2.75) is 6.54 Å². The fraction of sp³-hybridized carbons (Fsp3) is 0.100. The third-order valence-electron chi connectivity index (χ3n) is 4.49. The van der Waals surface area contributed by atoms with Crippen molar-refractivity contribution in [3.63, 3.8) is 0 Å².